The fourth-order valence-corrected chi connectivity index (χ4v) is 2.68. The molecule has 1 amide bonds. The van der Waals surface area contributed by atoms with Crippen molar-refractivity contribution in [2.24, 2.45) is 0 Å². The summed E-state index contributed by atoms with van der Waals surface area (Å²) in [6.45, 7) is 3.62. The molecule has 3 aromatic rings. The molecule has 0 radical (unpaired) electrons. The third-order valence-corrected chi connectivity index (χ3v) is 4.20. The average molecular weight is 364 g/mol. The SMILES string of the molecule is CCN(Cc1ccccc1)c1ccc(C(=O)NCc2ccccc2F)nn1. The molecule has 0 unspecified atom stereocenters. The van der Waals surface area contributed by atoms with Gasteiger partial charge in [0.1, 0.15) is 5.82 Å². The molecule has 0 saturated carbocycles. The second-order valence-electron chi connectivity index (χ2n) is 6.05. The fraction of sp³-hybridized carbons (Fsp3) is 0.190. The van der Waals surface area contributed by atoms with Crippen molar-refractivity contribution in [3.05, 3.63) is 89.4 Å². The first-order valence-electron chi connectivity index (χ1n) is 8.81. The highest BCUT2D eigenvalue weighted by Crippen LogP contribution is 2.14. The minimum absolute atomic E-state index is 0.101. The molecule has 3 rings (SSSR count). The summed E-state index contributed by atoms with van der Waals surface area (Å²) >= 11 is 0. The number of nitrogens with zero attached hydrogens (tertiary/aromatic N) is 3. The summed E-state index contributed by atoms with van der Waals surface area (Å²) in [5.41, 5.74) is 1.80. The van der Waals surface area contributed by atoms with E-state index in [1.165, 1.54) is 11.6 Å². The first-order chi connectivity index (χ1) is 13.2. The Bertz CT molecular complexity index is 884. The van der Waals surface area contributed by atoms with E-state index in [1.807, 2.05) is 25.1 Å². The number of aromatic nitrogens is 2. The lowest BCUT2D eigenvalue weighted by molar-refractivity contribution is 0.0944. The van der Waals surface area contributed by atoms with E-state index in [-0.39, 0.29) is 24.0 Å². The van der Waals surface area contributed by atoms with Gasteiger partial charge in [0.05, 0.1) is 0 Å². The Hall–Kier alpha value is -3.28. The van der Waals surface area contributed by atoms with Crippen molar-refractivity contribution in [3.63, 3.8) is 0 Å². The number of carbonyl (C=O) groups excluding carboxylic acids is 1. The molecular formula is C21H21FN4O. The van der Waals surface area contributed by atoms with Gasteiger partial charge in [-0.15, -0.1) is 10.2 Å². The summed E-state index contributed by atoms with van der Waals surface area (Å²) in [6.07, 6.45) is 0. The second-order valence-corrected chi connectivity index (χ2v) is 6.05. The number of anilines is 1. The number of rotatable bonds is 7. The normalized spacial score (nSPS) is 10.4. The zero-order chi connectivity index (χ0) is 19.1. The third kappa shape index (κ3) is 4.88. The summed E-state index contributed by atoms with van der Waals surface area (Å²) in [5.74, 6) is -0.0332. The lowest BCUT2D eigenvalue weighted by Gasteiger charge is -2.21. The highest BCUT2D eigenvalue weighted by atomic mass is 19.1. The van der Waals surface area contributed by atoms with Crippen LogP contribution < -0.4 is 10.2 Å². The molecule has 1 heterocycles. The molecule has 138 valence electrons. The molecule has 0 aliphatic rings. The maximum absolute atomic E-state index is 13.6. The molecular weight excluding hydrogens is 343 g/mol. The van der Waals surface area contributed by atoms with E-state index >= 15 is 0 Å². The van der Waals surface area contributed by atoms with Crippen LogP contribution in [0.4, 0.5) is 10.2 Å². The van der Waals surface area contributed by atoms with E-state index in [9.17, 15) is 9.18 Å². The van der Waals surface area contributed by atoms with Crippen molar-refractivity contribution in [3.8, 4) is 0 Å². The molecule has 0 saturated heterocycles. The summed E-state index contributed by atoms with van der Waals surface area (Å²) in [4.78, 5) is 14.3. The van der Waals surface area contributed by atoms with E-state index < -0.39 is 0 Å². The predicted octanol–water partition coefficient (Wildman–Crippen LogP) is 3.57. The molecule has 0 atom stereocenters. The molecule has 27 heavy (non-hydrogen) atoms. The van der Waals surface area contributed by atoms with Crippen LogP contribution in [0.1, 0.15) is 28.5 Å². The number of amides is 1. The van der Waals surface area contributed by atoms with Crippen LogP contribution in [-0.4, -0.2) is 22.6 Å². The van der Waals surface area contributed by atoms with E-state index in [0.29, 0.717) is 17.9 Å². The van der Waals surface area contributed by atoms with Gasteiger partial charge in [-0.1, -0.05) is 48.5 Å². The number of benzene rings is 2. The van der Waals surface area contributed by atoms with Crippen molar-refractivity contribution < 1.29 is 9.18 Å². The van der Waals surface area contributed by atoms with Crippen LogP contribution in [0.5, 0.6) is 0 Å². The maximum atomic E-state index is 13.6. The van der Waals surface area contributed by atoms with Gasteiger partial charge in [0.2, 0.25) is 0 Å². The third-order valence-electron chi connectivity index (χ3n) is 4.20. The first kappa shape index (κ1) is 18.5. The van der Waals surface area contributed by atoms with Crippen LogP contribution >= 0.6 is 0 Å². The van der Waals surface area contributed by atoms with Crippen LogP contribution in [0.15, 0.2) is 66.7 Å². The van der Waals surface area contributed by atoms with Gasteiger partial charge < -0.3 is 10.2 Å². The molecule has 0 fully saturated rings. The van der Waals surface area contributed by atoms with E-state index in [1.54, 1.807) is 30.3 Å². The largest absolute Gasteiger partial charge is 0.351 e. The molecule has 1 N–H and O–H groups in total. The van der Waals surface area contributed by atoms with Crippen LogP contribution in [0.2, 0.25) is 0 Å². The van der Waals surface area contributed by atoms with Gasteiger partial charge in [0, 0.05) is 25.2 Å². The molecule has 1 aromatic heterocycles. The summed E-state index contributed by atoms with van der Waals surface area (Å²) in [7, 11) is 0. The van der Waals surface area contributed by atoms with Gasteiger partial charge in [-0.3, -0.25) is 4.79 Å². The zero-order valence-corrected chi connectivity index (χ0v) is 15.1. The molecule has 2 aromatic carbocycles. The van der Waals surface area contributed by atoms with Crippen LogP contribution in [0.3, 0.4) is 0 Å². The smallest absolute Gasteiger partial charge is 0.272 e. The van der Waals surface area contributed by atoms with Crippen molar-refractivity contribution in [2.75, 3.05) is 11.4 Å². The summed E-state index contributed by atoms with van der Waals surface area (Å²) < 4.78 is 13.6. The van der Waals surface area contributed by atoms with Crippen LogP contribution in [0.25, 0.3) is 0 Å². The molecule has 0 aliphatic heterocycles. The minimum atomic E-state index is -0.386. The lowest BCUT2D eigenvalue weighted by Crippen LogP contribution is -2.26. The van der Waals surface area contributed by atoms with Crippen molar-refractivity contribution in [1.82, 2.24) is 15.5 Å². The molecule has 5 nitrogen and oxygen atoms in total. The van der Waals surface area contributed by atoms with Gasteiger partial charge in [0.15, 0.2) is 11.5 Å². The number of hydrogen-bond donors (Lipinski definition) is 1. The minimum Gasteiger partial charge on any atom is -0.351 e. The monoisotopic (exact) mass is 364 g/mol. The molecule has 6 heteroatoms. The standard InChI is InChI=1S/C21H21FN4O/c1-2-26(15-16-8-4-3-5-9-16)20-13-12-19(24-25-20)21(27)23-14-17-10-6-7-11-18(17)22/h3-13H,2,14-15H2,1H3,(H,23,27). The quantitative estimate of drug-likeness (QED) is 0.696. The summed E-state index contributed by atoms with van der Waals surface area (Å²) in [6, 6.07) is 19.8. The van der Waals surface area contributed by atoms with Crippen LogP contribution in [0, 0.1) is 5.82 Å². The van der Waals surface area contributed by atoms with Crippen molar-refractivity contribution in [1.29, 1.82) is 0 Å². The van der Waals surface area contributed by atoms with E-state index in [0.717, 1.165) is 6.54 Å². The van der Waals surface area contributed by atoms with Crippen LogP contribution in [-0.2, 0) is 13.1 Å². The Labute approximate surface area is 157 Å². The zero-order valence-electron chi connectivity index (χ0n) is 15.1. The summed E-state index contributed by atoms with van der Waals surface area (Å²) in [5, 5.41) is 10.9. The Balaban J connectivity index is 1.63. The van der Waals surface area contributed by atoms with Gasteiger partial charge in [0.25, 0.3) is 5.91 Å². The Morgan fingerprint density at radius 1 is 1.00 bits per heavy atom. The Morgan fingerprint density at radius 2 is 1.74 bits per heavy atom. The van der Waals surface area contributed by atoms with Gasteiger partial charge in [-0.2, -0.15) is 0 Å². The second kappa shape index (κ2) is 8.89. The van der Waals surface area contributed by atoms with E-state index in [2.05, 4.69) is 32.5 Å². The molecule has 0 aliphatic carbocycles. The first-order valence-corrected chi connectivity index (χ1v) is 8.81. The highest BCUT2D eigenvalue weighted by molar-refractivity contribution is 5.92. The predicted molar refractivity (Wildman–Crippen MR) is 103 cm³/mol. The number of hydrogen-bond acceptors (Lipinski definition) is 4. The van der Waals surface area contributed by atoms with Crippen molar-refractivity contribution >= 4 is 11.7 Å². The number of nitrogens with one attached hydrogen (secondary N) is 1. The van der Waals surface area contributed by atoms with E-state index in [4.69, 9.17) is 0 Å². The van der Waals surface area contributed by atoms with Gasteiger partial charge in [-0.25, -0.2) is 4.39 Å². The van der Waals surface area contributed by atoms with Gasteiger partial charge >= 0.3 is 0 Å². The molecule has 0 bridgehead atoms. The Morgan fingerprint density at radius 3 is 2.41 bits per heavy atom. The highest BCUT2D eigenvalue weighted by Gasteiger charge is 2.12. The maximum Gasteiger partial charge on any atom is 0.272 e. The Kier molecular flexibility index (Phi) is 6.10. The fourth-order valence-electron chi connectivity index (χ4n) is 2.68. The topological polar surface area (TPSA) is 58.1 Å². The van der Waals surface area contributed by atoms with Crippen molar-refractivity contribution in [2.45, 2.75) is 20.0 Å². The van der Waals surface area contributed by atoms with Gasteiger partial charge in [-0.05, 0) is 30.7 Å². The average Bonchev–Trinajstić information content (AvgIpc) is 2.72. The number of carbonyl (C=O) groups is 1. The lowest BCUT2D eigenvalue weighted by atomic mass is 10.2. The molecule has 0 spiro atoms. The number of halogens is 1.